The van der Waals surface area contributed by atoms with Crippen molar-refractivity contribution in [1.82, 2.24) is 20.3 Å². The fourth-order valence-electron chi connectivity index (χ4n) is 1.87. The van der Waals surface area contributed by atoms with Crippen molar-refractivity contribution in [3.8, 4) is 0 Å². The van der Waals surface area contributed by atoms with Gasteiger partial charge in [0.25, 0.3) is 0 Å². The molecule has 0 bridgehead atoms. The number of rotatable bonds is 5. The van der Waals surface area contributed by atoms with Crippen LogP contribution in [0, 0.1) is 0 Å². The van der Waals surface area contributed by atoms with Crippen LogP contribution >= 0.6 is 11.8 Å². The van der Waals surface area contributed by atoms with Crippen molar-refractivity contribution in [3.63, 3.8) is 0 Å². The molecule has 104 valence electrons. The largest absolute Gasteiger partial charge is 0.476 e. The van der Waals surface area contributed by atoms with E-state index >= 15 is 0 Å². The maximum atomic E-state index is 11.7. The van der Waals surface area contributed by atoms with Crippen molar-refractivity contribution in [2.24, 2.45) is 0 Å². The minimum atomic E-state index is -1.15. The molecular formula is C11H16N4O3S. The summed E-state index contributed by atoms with van der Waals surface area (Å²) < 4.78 is 1.23. The molecule has 0 aliphatic carbocycles. The van der Waals surface area contributed by atoms with E-state index < -0.39 is 5.97 Å². The number of carboxylic acid groups (broad SMARTS) is 1. The molecule has 0 saturated carbocycles. The lowest BCUT2D eigenvalue weighted by Crippen LogP contribution is -2.34. The van der Waals surface area contributed by atoms with Gasteiger partial charge in [0.2, 0.25) is 5.91 Å². The minimum Gasteiger partial charge on any atom is -0.476 e. The van der Waals surface area contributed by atoms with E-state index in [1.807, 2.05) is 11.8 Å². The van der Waals surface area contributed by atoms with Gasteiger partial charge in [0.15, 0.2) is 5.69 Å². The minimum absolute atomic E-state index is 0.00231. The summed E-state index contributed by atoms with van der Waals surface area (Å²) in [5.74, 6) is -0.163. The van der Waals surface area contributed by atoms with Crippen LogP contribution in [0.4, 0.5) is 0 Å². The third-order valence-corrected chi connectivity index (χ3v) is 4.26. The van der Waals surface area contributed by atoms with E-state index in [0.29, 0.717) is 11.8 Å². The fourth-order valence-corrected chi connectivity index (χ4v) is 3.11. The molecule has 1 amide bonds. The van der Waals surface area contributed by atoms with Gasteiger partial charge in [-0.05, 0) is 18.6 Å². The lowest BCUT2D eigenvalue weighted by molar-refractivity contribution is -0.121. The first-order valence-corrected chi connectivity index (χ1v) is 7.22. The van der Waals surface area contributed by atoms with E-state index in [1.54, 1.807) is 0 Å². The van der Waals surface area contributed by atoms with Gasteiger partial charge in [-0.3, -0.25) is 4.79 Å². The van der Waals surface area contributed by atoms with Gasteiger partial charge in [-0.15, -0.1) is 5.10 Å². The number of aromatic nitrogens is 3. The normalized spacial score (nSPS) is 19.1. The molecule has 1 fully saturated rings. The highest BCUT2D eigenvalue weighted by atomic mass is 32.2. The molecule has 1 aliphatic rings. The summed E-state index contributed by atoms with van der Waals surface area (Å²) in [5.41, 5.74) is -0.157. The second-order valence-corrected chi connectivity index (χ2v) is 5.81. The summed E-state index contributed by atoms with van der Waals surface area (Å²) in [7, 11) is 0. The topological polar surface area (TPSA) is 97.1 Å². The van der Waals surface area contributed by atoms with E-state index in [0.717, 1.165) is 12.2 Å². The van der Waals surface area contributed by atoms with Gasteiger partial charge in [0.05, 0.1) is 6.20 Å². The smallest absolute Gasteiger partial charge is 0.358 e. The zero-order valence-electron chi connectivity index (χ0n) is 10.4. The molecule has 2 heterocycles. The zero-order valence-corrected chi connectivity index (χ0v) is 11.2. The predicted octanol–water partition coefficient (Wildman–Crippen LogP) is 0.378. The molecule has 19 heavy (non-hydrogen) atoms. The standard InChI is InChI=1S/C11H16N4O3S/c16-10(12-5-8-3-1-2-4-19-8)7-15-6-9(11(17)18)13-14-15/h6,8H,1-5,7H2,(H,12,16)(H,17,18). The molecule has 2 N–H and O–H groups in total. The van der Waals surface area contributed by atoms with Gasteiger partial charge in [0.1, 0.15) is 6.54 Å². The number of thioether (sulfide) groups is 1. The Labute approximate surface area is 114 Å². The number of hydrogen-bond donors (Lipinski definition) is 2. The Bertz CT molecular complexity index is 457. The first-order chi connectivity index (χ1) is 9.15. The summed E-state index contributed by atoms with van der Waals surface area (Å²) in [4.78, 5) is 22.3. The Morgan fingerprint density at radius 2 is 2.37 bits per heavy atom. The van der Waals surface area contributed by atoms with Crippen LogP contribution in [0.5, 0.6) is 0 Å². The average molecular weight is 284 g/mol. The highest BCUT2D eigenvalue weighted by Crippen LogP contribution is 2.24. The molecule has 2 rings (SSSR count). The highest BCUT2D eigenvalue weighted by Gasteiger charge is 2.15. The number of carboxylic acids is 1. The van der Waals surface area contributed by atoms with Crippen LogP contribution in [-0.2, 0) is 11.3 Å². The maximum Gasteiger partial charge on any atom is 0.358 e. The SMILES string of the molecule is O=C(Cn1cc(C(=O)O)nn1)NCC1CCCCS1. The van der Waals surface area contributed by atoms with E-state index in [9.17, 15) is 9.59 Å². The average Bonchev–Trinajstić information content (AvgIpc) is 2.86. The zero-order chi connectivity index (χ0) is 13.7. The first-order valence-electron chi connectivity index (χ1n) is 6.17. The molecule has 1 atom stereocenters. The van der Waals surface area contributed by atoms with E-state index in [2.05, 4.69) is 15.6 Å². The number of hydrogen-bond acceptors (Lipinski definition) is 5. The summed E-state index contributed by atoms with van der Waals surface area (Å²) in [6, 6.07) is 0. The van der Waals surface area contributed by atoms with Crippen LogP contribution in [0.3, 0.4) is 0 Å². The maximum absolute atomic E-state index is 11.7. The fraction of sp³-hybridized carbons (Fsp3) is 0.636. The summed E-state index contributed by atoms with van der Waals surface area (Å²) >= 11 is 1.89. The quantitative estimate of drug-likeness (QED) is 0.811. The molecule has 0 aromatic carbocycles. The predicted molar refractivity (Wildman–Crippen MR) is 70.1 cm³/mol. The number of amides is 1. The Morgan fingerprint density at radius 1 is 1.53 bits per heavy atom. The monoisotopic (exact) mass is 284 g/mol. The lowest BCUT2D eigenvalue weighted by atomic mass is 10.2. The third-order valence-electron chi connectivity index (χ3n) is 2.86. The second-order valence-electron chi connectivity index (χ2n) is 4.40. The molecule has 1 aromatic heterocycles. The first kappa shape index (κ1) is 13.9. The van der Waals surface area contributed by atoms with Crippen molar-refractivity contribution in [3.05, 3.63) is 11.9 Å². The molecule has 1 aliphatic heterocycles. The molecular weight excluding hydrogens is 268 g/mol. The van der Waals surface area contributed by atoms with Crippen LogP contribution in [0.2, 0.25) is 0 Å². The van der Waals surface area contributed by atoms with Crippen molar-refractivity contribution >= 4 is 23.6 Å². The van der Waals surface area contributed by atoms with E-state index in [1.165, 1.54) is 23.7 Å². The van der Waals surface area contributed by atoms with Crippen molar-refractivity contribution < 1.29 is 14.7 Å². The van der Waals surface area contributed by atoms with Crippen molar-refractivity contribution in [2.75, 3.05) is 12.3 Å². The Kier molecular flexibility index (Phi) is 4.78. The van der Waals surface area contributed by atoms with Crippen LogP contribution in [0.25, 0.3) is 0 Å². The number of carbonyl (C=O) groups is 2. The Balaban J connectivity index is 1.75. The van der Waals surface area contributed by atoms with Crippen molar-refractivity contribution in [2.45, 2.75) is 31.1 Å². The van der Waals surface area contributed by atoms with Gasteiger partial charge in [-0.25, -0.2) is 9.48 Å². The number of carbonyl (C=O) groups excluding carboxylic acids is 1. The summed E-state index contributed by atoms with van der Waals surface area (Å²) in [6.45, 7) is 0.654. The second kappa shape index (κ2) is 6.55. The number of aromatic carboxylic acids is 1. The van der Waals surface area contributed by atoms with E-state index in [-0.39, 0.29) is 18.1 Å². The highest BCUT2D eigenvalue weighted by molar-refractivity contribution is 7.99. The lowest BCUT2D eigenvalue weighted by Gasteiger charge is -2.21. The number of nitrogens with zero attached hydrogens (tertiary/aromatic N) is 3. The molecule has 0 spiro atoms. The summed E-state index contributed by atoms with van der Waals surface area (Å²) in [5, 5.41) is 19.1. The molecule has 1 unspecified atom stereocenters. The number of nitrogens with one attached hydrogen (secondary N) is 1. The molecule has 0 radical (unpaired) electrons. The molecule has 7 nitrogen and oxygen atoms in total. The van der Waals surface area contributed by atoms with Crippen LogP contribution in [-0.4, -0.2) is 49.5 Å². The van der Waals surface area contributed by atoms with Crippen LogP contribution < -0.4 is 5.32 Å². The summed E-state index contributed by atoms with van der Waals surface area (Å²) in [6.07, 6.45) is 4.86. The van der Waals surface area contributed by atoms with Gasteiger partial charge < -0.3 is 10.4 Å². The van der Waals surface area contributed by atoms with Gasteiger partial charge in [0, 0.05) is 11.8 Å². The third kappa shape index (κ3) is 4.23. The Morgan fingerprint density at radius 3 is 3.00 bits per heavy atom. The Hall–Kier alpha value is -1.57. The van der Waals surface area contributed by atoms with Gasteiger partial charge in [-0.2, -0.15) is 11.8 Å². The molecule has 1 aromatic rings. The van der Waals surface area contributed by atoms with Gasteiger partial charge >= 0.3 is 5.97 Å². The van der Waals surface area contributed by atoms with Crippen LogP contribution in [0.15, 0.2) is 6.20 Å². The van der Waals surface area contributed by atoms with Crippen LogP contribution in [0.1, 0.15) is 29.8 Å². The van der Waals surface area contributed by atoms with E-state index in [4.69, 9.17) is 5.11 Å². The van der Waals surface area contributed by atoms with Crippen molar-refractivity contribution in [1.29, 1.82) is 0 Å². The molecule has 8 heteroatoms. The molecule has 1 saturated heterocycles. The van der Waals surface area contributed by atoms with Gasteiger partial charge in [-0.1, -0.05) is 11.6 Å².